The van der Waals surface area contributed by atoms with E-state index in [0.29, 0.717) is 6.54 Å². The molecule has 2 aromatic rings. The predicted molar refractivity (Wildman–Crippen MR) is 107 cm³/mol. The smallest absolute Gasteiger partial charge is 0.267 e. The van der Waals surface area contributed by atoms with Gasteiger partial charge in [-0.2, -0.15) is 16.9 Å². The van der Waals surface area contributed by atoms with Crippen molar-refractivity contribution in [3.8, 4) is 0 Å². The van der Waals surface area contributed by atoms with Crippen LogP contribution in [0.1, 0.15) is 22.6 Å². The van der Waals surface area contributed by atoms with Gasteiger partial charge in [-0.25, -0.2) is 4.68 Å². The van der Waals surface area contributed by atoms with Crippen LogP contribution in [-0.2, 0) is 25.3 Å². The van der Waals surface area contributed by atoms with E-state index in [4.69, 9.17) is 0 Å². The molecule has 0 N–H and O–H groups in total. The molecule has 0 aromatic carbocycles. The summed E-state index contributed by atoms with van der Waals surface area (Å²) in [5, 5.41) is 4.61. The molecule has 0 aliphatic carbocycles. The van der Waals surface area contributed by atoms with E-state index in [-0.39, 0.29) is 5.56 Å². The van der Waals surface area contributed by atoms with Crippen LogP contribution in [0, 0.1) is 6.92 Å². The average Bonchev–Trinajstić information content (AvgIpc) is 2.69. The van der Waals surface area contributed by atoms with Gasteiger partial charge in [0.15, 0.2) is 0 Å². The topological polar surface area (TPSA) is 67.2 Å². The van der Waals surface area contributed by atoms with Gasteiger partial charge in [0.25, 0.3) is 5.56 Å². The second kappa shape index (κ2) is 8.50. The summed E-state index contributed by atoms with van der Waals surface area (Å²) >= 11 is 1.88. The number of rotatable bonds is 5. The van der Waals surface area contributed by atoms with Gasteiger partial charge in [-0.3, -0.25) is 24.6 Å². The summed E-state index contributed by atoms with van der Waals surface area (Å²) in [6, 6.07) is 1.79. The molecule has 1 fully saturated rings. The van der Waals surface area contributed by atoms with Crippen molar-refractivity contribution in [2.45, 2.75) is 32.2 Å². The molecule has 4 heterocycles. The van der Waals surface area contributed by atoms with Crippen LogP contribution in [0.2, 0.25) is 0 Å². The molecular formula is C19H26N6OS. The number of thioether (sulfide) groups is 1. The number of aromatic nitrogens is 4. The standard InChI is InChI=1S/C19H26N6OS/c1-15-11-21-17(12-20-15)13-24-5-3-23(4-6-24)7-8-25-19(26)10-16-14-27-9-2-18(16)22-25/h10-12H,2-9,13-14H2,1H3. The number of hydrogen-bond donors (Lipinski definition) is 0. The molecule has 8 heteroatoms. The molecule has 0 amide bonds. The second-order valence-electron chi connectivity index (χ2n) is 7.25. The number of nitrogens with zero attached hydrogens (tertiary/aromatic N) is 6. The Hall–Kier alpha value is -1.77. The first-order chi connectivity index (χ1) is 13.2. The predicted octanol–water partition coefficient (Wildman–Crippen LogP) is 0.949. The summed E-state index contributed by atoms with van der Waals surface area (Å²) in [7, 11) is 0. The number of fused-ring (bicyclic) bond motifs is 1. The van der Waals surface area contributed by atoms with E-state index >= 15 is 0 Å². The van der Waals surface area contributed by atoms with Crippen LogP contribution in [0.3, 0.4) is 0 Å². The van der Waals surface area contributed by atoms with Crippen molar-refractivity contribution in [2.75, 3.05) is 38.5 Å². The van der Waals surface area contributed by atoms with Crippen molar-refractivity contribution in [3.63, 3.8) is 0 Å². The maximum Gasteiger partial charge on any atom is 0.267 e. The first-order valence-electron chi connectivity index (χ1n) is 9.57. The lowest BCUT2D eigenvalue weighted by Gasteiger charge is -2.34. The largest absolute Gasteiger partial charge is 0.299 e. The quantitative estimate of drug-likeness (QED) is 0.758. The molecule has 0 unspecified atom stereocenters. The molecule has 4 rings (SSSR count). The minimum Gasteiger partial charge on any atom is -0.299 e. The molecule has 7 nitrogen and oxygen atoms in total. The SMILES string of the molecule is Cc1cnc(CN2CCN(CCn3nc4c(cc3=O)CSCC4)CC2)cn1. The lowest BCUT2D eigenvalue weighted by Crippen LogP contribution is -2.47. The minimum absolute atomic E-state index is 0.0350. The molecule has 2 aliphatic rings. The molecule has 0 saturated carbocycles. The fourth-order valence-electron chi connectivity index (χ4n) is 3.55. The summed E-state index contributed by atoms with van der Waals surface area (Å²) in [4.78, 5) is 25.9. The molecule has 0 bridgehead atoms. The van der Waals surface area contributed by atoms with Gasteiger partial charge in [0.1, 0.15) is 0 Å². The van der Waals surface area contributed by atoms with Gasteiger partial charge in [0.05, 0.1) is 23.6 Å². The maximum atomic E-state index is 12.3. The molecule has 144 valence electrons. The summed E-state index contributed by atoms with van der Waals surface area (Å²) in [5.74, 6) is 2.03. The minimum atomic E-state index is 0.0350. The Morgan fingerprint density at radius 1 is 1.07 bits per heavy atom. The van der Waals surface area contributed by atoms with E-state index in [1.54, 1.807) is 10.7 Å². The zero-order valence-corrected chi connectivity index (χ0v) is 16.6. The molecule has 2 aliphatic heterocycles. The van der Waals surface area contributed by atoms with Crippen molar-refractivity contribution >= 4 is 11.8 Å². The summed E-state index contributed by atoms with van der Waals surface area (Å²) in [6.45, 7) is 8.40. The van der Waals surface area contributed by atoms with Crippen LogP contribution in [0.4, 0.5) is 0 Å². The van der Waals surface area contributed by atoms with Gasteiger partial charge >= 0.3 is 0 Å². The van der Waals surface area contributed by atoms with Gasteiger partial charge in [0, 0.05) is 69.9 Å². The van der Waals surface area contributed by atoms with E-state index in [1.807, 2.05) is 31.1 Å². The monoisotopic (exact) mass is 386 g/mol. The Morgan fingerprint density at radius 3 is 2.67 bits per heavy atom. The van der Waals surface area contributed by atoms with Gasteiger partial charge in [-0.15, -0.1) is 0 Å². The Bertz CT molecular complexity index is 829. The zero-order chi connectivity index (χ0) is 18.6. The highest BCUT2D eigenvalue weighted by atomic mass is 32.2. The molecule has 0 spiro atoms. The maximum absolute atomic E-state index is 12.3. The Labute approximate surface area is 163 Å². The number of piperazine rings is 1. The van der Waals surface area contributed by atoms with Crippen molar-refractivity contribution in [2.24, 2.45) is 0 Å². The fraction of sp³-hybridized carbons (Fsp3) is 0.579. The second-order valence-corrected chi connectivity index (χ2v) is 8.35. The first kappa shape index (κ1) is 18.6. The normalized spacial score (nSPS) is 18.4. The van der Waals surface area contributed by atoms with Crippen LogP contribution in [0.15, 0.2) is 23.3 Å². The van der Waals surface area contributed by atoms with Crippen LogP contribution in [0.5, 0.6) is 0 Å². The van der Waals surface area contributed by atoms with Gasteiger partial charge in [-0.1, -0.05) is 0 Å². The lowest BCUT2D eigenvalue weighted by molar-refractivity contribution is 0.121. The van der Waals surface area contributed by atoms with Crippen LogP contribution in [-0.4, -0.2) is 68.0 Å². The van der Waals surface area contributed by atoms with Gasteiger partial charge in [-0.05, 0) is 18.2 Å². The van der Waals surface area contributed by atoms with Crippen LogP contribution >= 0.6 is 11.8 Å². The fourth-order valence-corrected chi connectivity index (χ4v) is 4.50. The van der Waals surface area contributed by atoms with E-state index in [0.717, 1.165) is 79.8 Å². The first-order valence-corrected chi connectivity index (χ1v) is 10.7. The van der Waals surface area contributed by atoms with E-state index < -0.39 is 0 Å². The molecule has 0 atom stereocenters. The molecular weight excluding hydrogens is 360 g/mol. The van der Waals surface area contributed by atoms with Crippen LogP contribution in [0.25, 0.3) is 0 Å². The highest BCUT2D eigenvalue weighted by Gasteiger charge is 2.18. The highest BCUT2D eigenvalue weighted by molar-refractivity contribution is 7.98. The molecule has 27 heavy (non-hydrogen) atoms. The lowest BCUT2D eigenvalue weighted by atomic mass is 10.2. The van der Waals surface area contributed by atoms with Crippen molar-refractivity contribution in [1.82, 2.24) is 29.5 Å². The van der Waals surface area contributed by atoms with E-state index in [2.05, 4.69) is 24.9 Å². The Morgan fingerprint density at radius 2 is 1.89 bits per heavy atom. The van der Waals surface area contributed by atoms with Crippen LogP contribution < -0.4 is 5.56 Å². The average molecular weight is 387 g/mol. The third-order valence-electron chi connectivity index (χ3n) is 5.22. The van der Waals surface area contributed by atoms with Gasteiger partial charge < -0.3 is 0 Å². The molecule has 0 radical (unpaired) electrons. The van der Waals surface area contributed by atoms with E-state index in [1.165, 1.54) is 0 Å². The zero-order valence-electron chi connectivity index (χ0n) is 15.8. The third-order valence-corrected chi connectivity index (χ3v) is 6.23. The Balaban J connectivity index is 1.27. The molecule has 2 aromatic heterocycles. The third kappa shape index (κ3) is 4.75. The van der Waals surface area contributed by atoms with Crippen molar-refractivity contribution in [1.29, 1.82) is 0 Å². The summed E-state index contributed by atoms with van der Waals surface area (Å²) < 4.78 is 1.66. The molecule has 1 saturated heterocycles. The van der Waals surface area contributed by atoms with E-state index in [9.17, 15) is 4.79 Å². The summed E-state index contributed by atoms with van der Waals surface area (Å²) in [5.41, 5.74) is 4.25. The highest BCUT2D eigenvalue weighted by Crippen LogP contribution is 2.21. The Kier molecular flexibility index (Phi) is 5.85. The number of aryl methyl sites for hydroxylation is 2. The summed E-state index contributed by atoms with van der Waals surface area (Å²) in [6.07, 6.45) is 4.67. The van der Waals surface area contributed by atoms with Crippen molar-refractivity contribution < 1.29 is 0 Å². The number of hydrogen-bond acceptors (Lipinski definition) is 7. The van der Waals surface area contributed by atoms with Gasteiger partial charge in [0.2, 0.25) is 0 Å². The van der Waals surface area contributed by atoms with Crippen molar-refractivity contribution in [3.05, 3.63) is 51.5 Å².